The van der Waals surface area contributed by atoms with Crippen LogP contribution in [0.3, 0.4) is 0 Å². The third-order valence-corrected chi connectivity index (χ3v) is 9.38. The van der Waals surface area contributed by atoms with E-state index in [1.54, 1.807) is 0 Å². The zero-order valence-electron chi connectivity index (χ0n) is 34.8. The van der Waals surface area contributed by atoms with Gasteiger partial charge in [0, 0.05) is 6.42 Å². The first-order chi connectivity index (χ1) is 26.5. The van der Waals surface area contributed by atoms with Gasteiger partial charge in [-0.05, 0) is 64.2 Å². The Morgan fingerprint density at radius 2 is 1.00 bits per heavy atom. The summed E-state index contributed by atoms with van der Waals surface area (Å²) in [7, 11) is 0. The van der Waals surface area contributed by atoms with Gasteiger partial charge in [-0.1, -0.05) is 189 Å². The van der Waals surface area contributed by atoms with Crippen LogP contribution in [0.5, 0.6) is 0 Å². The maximum atomic E-state index is 13.1. The van der Waals surface area contributed by atoms with Gasteiger partial charge in [-0.25, -0.2) is 0 Å². The van der Waals surface area contributed by atoms with Crippen molar-refractivity contribution in [1.82, 2.24) is 5.32 Å². The highest BCUT2D eigenvalue weighted by molar-refractivity contribution is 5.77. The smallest absolute Gasteiger partial charge is 0.306 e. The zero-order valence-corrected chi connectivity index (χ0v) is 34.8. The first-order valence-electron chi connectivity index (χ1n) is 21.9. The van der Waals surface area contributed by atoms with Crippen LogP contribution in [0.15, 0.2) is 85.1 Å². The number of hydrogen-bond donors (Lipinski definition) is 3. The number of ether oxygens (including phenoxy) is 1. The van der Waals surface area contributed by atoms with Crippen LogP contribution in [0.1, 0.15) is 181 Å². The predicted molar refractivity (Wildman–Crippen MR) is 231 cm³/mol. The van der Waals surface area contributed by atoms with Gasteiger partial charge in [0.2, 0.25) is 5.91 Å². The number of carbonyl (C=O) groups is 2. The minimum atomic E-state index is -0.802. The number of allylic oxidation sites excluding steroid dienone is 14. The maximum Gasteiger partial charge on any atom is 0.306 e. The number of unbranched alkanes of at least 4 members (excludes halogenated alkanes) is 16. The molecule has 54 heavy (non-hydrogen) atoms. The molecule has 0 saturated carbocycles. The molecule has 0 aliphatic rings. The number of aliphatic hydroxyl groups excluding tert-OH is 2. The molecule has 0 aromatic heterocycles. The van der Waals surface area contributed by atoms with Crippen LogP contribution in [0.25, 0.3) is 0 Å². The molecular formula is C48H81NO5. The molecule has 0 rings (SSSR count). The van der Waals surface area contributed by atoms with Crippen LogP contribution in [0, 0.1) is 0 Å². The van der Waals surface area contributed by atoms with Crippen molar-refractivity contribution in [1.29, 1.82) is 0 Å². The van der Waals surface area contributed by atoms with Gasteiger partial charge in [0.15, 0.2) is 0 Å². The van der Waals surface area contributed by atoms with E-state index in [2.05, 4.69) is 80.8 Å². The number of aliphatic hydroxyl groups is 2. The van der Waals surface area contributed by atoms with Crippen molar-refractivity contribution in [2.24, 2.45) is 0 Å². The molecule has 0 bridgehead atoms. The van der Waals surface area contributed by atoms with Gasteiger partial charge in [-0.3, -0.25) is 9.59 Å². The van der Waals surface area contributed by atoms with Gasteiger partial charge >= 0.3 is 5.97 Å². The summed E-state index contributed by atoms with van der Waals surface area (Å²) in [6.45, 7) is 6.14. The van der Waals surface area contributed by atoms with Crippen molar-refractivity contribution in [2.45, 2.75) is 200 Å². The molecule has 0 fully saturated rings. The molecule has 1 amide bonds. The van der Waals surface area contributed by atoms with Crippen LogP contribution in [-0.4, -0.2) is 46.9 Å². The SMILES string of the molecule is CC/C=C/C=C/C=C\CCCCCC(CC(=O)NC(CO)C(O)CCCCCCCCCCC)OC(=O)CCCCCCC\C=C/C=C/C=C/C=C/CC. The number of rotatable bonds is 37. The van der Waals surface area contributed by atoms with Crippen LogP contribution in [0.2, 0.25) is 0 Å². The average Bonchev–Trinajstić information content (AvgIpc) is 3.16. The largest absolute Gasteiger partial charge is 0.462 e. The van der Waals surface area contributed by atoms with E-state index in [-0.39, 0.29) is 24.9 Å². The third-order valence-electron chi connectivity index (χ3n) is 9.38. The van der Waals surface area contributed by atoms with Crippen LogP contribution in [0.4, 0.5) is 0 Å². The van der Waals surface area contributed by atoms with Crippen LogP contribution >= 0.6 is 0 Å². The van der Waals surface area contributed by atoms with E-state index < -0.39 is 18.2 Å². The Morgan fingerprint density at radius 1 is 0.556 bits per heavy atom. The number of carbonyl (C=O) groups excluding carboxylic acids is 2. The summed E-state index contributed by atoms with van der Waals surface area (Å²) >= 11 is 0. The van der Waals surface area contributed by atoms with E-state index in [4.69, 9.17) is 4.74 Å². The minimum absolute atomic E-state index is 0.0395. The molecule has 0 aliphatic carbocycles. The lowest BCUT2D eigenvalue weighted by Gasteiger charge is -2.24. The third kappa shape index (κ3) is 36.0. The van der Waals surface area contributed by atoms with Gasteiger partial charge in [0.05, 0.1) is 25.2 Å². The minimum Gasteiger partial charge on any atom is -0.462 e. The first kappa shape index (κ1) is 51.0. The summed E-state index contributed by atoms with van der Waals surface area (Å²) in [6, 6.07) is -0.719. The number of nitrogens with one attached hydrogen (secondary N) is 1. The van der Waals surface area contributed by atoms with E-state index >= 15 is 0 Å². The predicted octanol–water partition coefficient (Wildman–Crippen LogP) is 12.4. The van der Waals surface area contributed by atoms with E-state index in [1.165, 1.54) is 38.5 Å². The number of amides is 1. The highest BCUT2D eigenvalue weighted by Crippen LogP contribution is 2.16. The zero-order chi connectivity index (χ0) is 39.6. The monoisotopic (exact) mass is 752 g/mol. The standard InChI is InChI=1S/C48H81NO5/c1-4-7-10-13-16-19-21-22-23-24-26-29-32-35-38-41-48(53)54-44(39-36-33-30-28-25-20-17-14-11-8-5-2)42-47(52)49-45(43-50)46(51)40-37-34-31-27-18-15-12-9-6-3/h7-8,10-11,13-14,16-17,19-23,25,44-46,50-51H,4-6,9,12,15,18,24,26-43H2,1-3H3,(H,49,52)/b10-7+,11-8+,16-13+,17-14+,21-19+,23-22-,25-20-. The number of esters is 1. The van der Waals surface area contributed by atoms with Gasteiger partial charge in [-0.15, -0.1) is 0 Å². The Hall–Kier alpha value is -2.96. The van der Waals surface area contributed by atoms with Crippen molar-refractivity contribution in [3.63, 3.8) is 0 Å². The van der Waals surface area contributed by atoms with Crippen molar-refractivity contribution in [3.05, 3.63) is 85.1 Å². The Balaban J connectivity index is 4.70. The highest BCUT2D eigenvalue weighted by atomic mass is 16.5. The fourth-order valence-corrected chi connectivity index (χ4v) is 6.09. The molecular weight excluding hydrogens is 671 g/mol. The molecule has 0 aromatic rings. The molecule has 0 aromatic carbocycles. The average molecular weight is 752 g/mol. The van der Waals surface area contributed by atoms with Gasteiger partial charge in [0.1, 0.15) is 6.10 Å². The van der Waals surface area contributed by atoms with Crippen molar-refractivity contribution < 1.29 is 24.5 Å². The molecule has 3 unspecified atom stereocenters. The molecule has 0 radical (unpaired) electrons. The summed E-state index contributed by atoms with van der Waals surface area (Å²) in [6.07, 6.45) is 52.1. The quantitative estimate of drug-likeness (QED) is 0.0334. The summed E-state index contributed by atoms with van der Waals surface area (Å²) in [4.78, 5) is 25.9. The molecule has 3 N–H and O–H groups in total. The summed E-state index contributed by atoms with van der Waals surface area (Å²) in [5, 5.41) is 23.5. The normalized spacial score (nSPS) is 14.2. The lowest BCUT2D eigenvalue weighted by molar-refractivity contribution is -0.151. The van der Waals surface area contributed by atoms with E-state index in [0.717, 1.165) is 96.3 Å². The fourth-order valence-electron chi connectivity index (χ4n) is 6.09. The van der Waals surface area contributed by atoms with E-state index in [1.807, 2.05) is 30.4 Å². The Labute approximate surface area is 332 Å². The highest BCUT2D eigenvalue weighted by Gasteiger charge is 2.24. The lowest BCUT2D eigenvalue weighted by atomic mass is 10.0. The molecule has 0 saturated heterocycles. The Kier molecular flexibility index (Phi) is 38.9. The van der Waals surface area contributed by atoms with Crippen LogP contribution < -0.4 is 5.32 Å². The molecule has 0 heterocycles. The lowest BCUT2D eigenvalue weighted by Crippen LogP contribution is -2.46. The van der Waals surface area contributed by atoms with E-state index in [0.29, 0.717) is 19.3 Å². The Bertz CT molecular complexity index is 1070. The second-order valence-corrected chi connectivity index (χ2v) is 14.5. The van der Waals surface area contributed by atoms with Crippen molar-refractivity contribution in [3.8, 4) is 0 Å². The summed E-state index contributed by atoms with van der Waals surface area (Å²) in [5.74, 6) is -0.548. The van der Waals surface area contributed by atoms with Crippen molar-refractivity contribution >= 4 is 11.9 Å². The molecule has 3 atom stereocenters. The van der Waals surface area contributed by atoms with Gasteiger partial charge < -0.3 is 20.3 Å². The summed E-state index contributed by atoms with van der Waals surface area (Å²) < 4.78 is 5.86. The fraction of sp³-hybridized carbons (Fsp3) is 0.667. The Morgan fingerprint density at radius 3 is 1.54 bits per heavy atom. The molecule has 6 nitrogen and oxygen atoms in total. The maximum absolute atomic E-state index is 13.1. The molecule has 308 valence electrons. The second-order valence-electron chi connectivity index (χ2n) is 14.5. The van der Waals surface area contributed by atoms with Gasteiger partial charge in [-0.2, -0.15) is 0 Å². The second kappa shape index (κ2) is 41.2. The van der Waals surface area contributed by atoms with Crippen molar-refractivity contribution in [2.75, 3.05) is 6.61 Å². The molecule has 0 spiro atoms. The molecule has 6 heteroatoms. The van der Waals surface area contributed by atoms with E-state index in [9.17, 15) is 19.8 Å². The first-order valence-corrected chi connectivity index (χ1v) is 21.9. The summed E-state index contributed by atoms with van der Waals surface area (Å²) in [5.41, 5.74) is 0. The topological polar surface area (TPSA) is 95.9 Å². The van der Waals surface area contributed by atoms with Gasteiger partial charge in [0.25, 0.3) is 0 Å². The number of hydrogen-bond acceptors (Lipinski definition) is 5. The van der Waals surface area contributed by atoms with Crippen LogP contribution in [-0.2, 0) is 14.3 Å². The molecule has 0 aliphatic heterocycles.